The van der Waals surface area contributed by atoms with E-state index in [1.165, 1.54) is 6.08 Å². The molecule has 0 bridgehead atoms. The smallest absolute Gasteiger partial charge is 0.243 e. The first-order valence-corrected chi connectivity index (χ1v) is 7.26. The molecule has 0 aromatic rings. The van der Waals surface area contributed by atoms with Gasteiger partial charge in [0.15, 0.2) is 0 Å². The molecule has 2 amide bonds. The zero-order valence-electron chi connectivity index (χ0n) is 11.1. The predicted octanol–water partition coefficient (Wildman–Crippen LogP) is -0.808. The fourth-order valence-electron chi connectivity index (χ4n) is 1.50. The number of hydrogen-bond donors (Lipinski definition) is 4. The van der Waals surface area contributed by atoms with Crippen LogP contribution in [0.25, 0.3) is 0 Å². The lowest BCUT2D eigenvalue weighted by Gasteiger charge is -2.22. The Morgan fingerprint density at radius 1 is 1.47 bits per heavy atom. The van der Waals surface area contributed by atoms with Crippen LogP contribution in [-0.4, -0.2) is 46.7 Å². The van der Waals surface area contributed by atoms with Gasteiger partial charge in [0.25, 0.3) is 0 Å². The van der Waals surface area contributed by atoms with Crippen LogP contribution in [0.15, 0.2) is 12.2 Å². The van der Waals surface area contributed by atoms with Crippen LogP contribution < -0.4 is 16.4 Å². The second-order valence-electron chi connectivity index (χ2n) is 4.78. The van der Waals surface area contributed by atoms with Crippen molar-refractivity contribution in [2.75, 3.05) is 12.3 Å². The summed E-state index contributed by atoms with van der Waals surface area (Å²) in [5.41, 5.74) is 4.99. The minimum Gasteiger partial charge on any atom is -0.381 e. The number of aliphatic hydroxyl groups excluding tert-OH is 1. The van der Waals surface area contributed by atoms with Gasteiger partial charge in [-0.3, -0.25) is 9.59 Å². The summed E-state index contributed by atoms with van der Waals surface area (Å²) in [5, 5.41) is 15.0. The third-order valence-electron chi connectivity index (χ3n) is 2.74. The molecule has 1 heterocycles. The molecule has 0 saturated carbocycles. The highest BCUT2D eigenvalue weighted by molar-refractivity contribution is 7.99. The molecule has 0 unspecified atom stereocenters. The lowest BCUT2D eigenvalue weighted by Crippen LogP contribution is -2.48. The van der Waals surface area contributed by atoms with Gasteiger partial charge in [-0.2, -0.15) is 0 Å². The van der Waals surface area contributed by atoms with Gasteiger partial charge >= 0.3 is 0 Å². The Bertz CT molecular complexity index is 360. The number of carbonyl (C=O) groups excluding carboxylic acids is 2. The zero-order valence-corrected chi connectivity index (χ0v) is 11.9. The number of carbonyl (C=O) groups is 2. The third-order valence-corrected chi connectivity index (χ3v) is 3.84. The summed E-state index contributed by atoms with van der Waals surface area (Å²) < 4.78 is 0. The molecule has 0 saturated heterocycles. The Hall–Kier alpha value is -1.05. The van der Waals surface area contributed by atoms with Gasteiger partial charge in [0.05, 0.1) is 12.6 Å². The SMILES string of the molecule is CC(C)[C@H]1/C=C/C(=O)NC[C@H](O)SC[C@H](N)C(=O)N1. The van der Waals surface area contributed by atoms with E-state index >= 15 is 0 Å². The lowest BCUT2D eigenvalue weighted by atomic mass is 10.0. The molecular formula is C12H21N3O3S. The molecule has 1 aliphatic rings. The molecule has 0 aromatic carbocycles. The van der Waals surface area contributed by atoms with E-state index in [-0.39, 0.29) is 30.3 Å². The lowest BCUT2D eigenvalue weighted by molar-refractivity contribution is -0.122. The molecule has 5 N–H and O–H groups in total. The van der Waals surface area contributed by atoms with Crippen molar-refractivity contribution in [3.8, 4) is 0 Å². The molecule has 3 atom stereocenters. The highest BCUT2D eigenvalue weighted by Gasteiger charge is 2.21. The van der Waals surface area contributed by atoms with E-state index in [1.807, 2.05) is 13.8 Å². The Labute approximate surface area is 117 Å². The number of amides is 2. The van der Waals surface area contributed by atoms with E-state index in [2.05, 4.69) is 10.6 Å². The predicted molar refractivity (Wildman–Crippen MR) is 75.4 cm³/mol. The summed E-state index contributed by atoms with van der Waals surface area (Å²) >= 11 is 1.15. The number of nitrogens with one attached hydrogen (secondary N) is 2. The number of aliphatic hydroxyl groups is 1. The molecule has 1 aliphatic heterocycles. The van der Waals surface area contributed by atoms with Crippen molar-refractivity contribution in [3.63, 3.8) is 0 Å². The van der Waals surface area contributed by atoms with Crippen LogP contribution in [0.2, 0.25) is 0 Å². The molecule has 0 aliphatic carbocycles. The van der Waals surface area contributed by atoms with Gasteiger partial charge in [0.2, 0.25) is 11.8 Å². The molecule has 0 spiro atoms. The number of thioether (sulfide) groups is 1. The van der Waals surface area contributed by atoms with Gasteiger partial charge in [-0.1, -0.05) is 19.9 Å². The normalized spacial score (nSPS) is 31.9. The molecule has 0 radical (unpaired) electrons. The highest BCUT2D eigenvalue weighted by Crippen LogP contribution is 2.10. The topological polar surface area (TPSA) is 104 Å². The van der Waals surface area contributed by atoms with E-state index in [0.29, 0.717) is 5.75 Å². The number of nitrogens with two attached hydrogens (primary N) is 1. The second kappa shape index (κ2) is 7.52. The van der Waals surface area contributed by atoms with Gasteiger partial charge in [0, 0.05) is 17.9 Å². The van der Waals surface area contributed by atoms with Gasteiger partial charge in [0.1, 0.15) is 5.44 Å². The van der Waals surface area contributed by atoms with Gasteiger partial charge in [-0.15, -0.1) is 11.8 Å². The van der Waals surface area contributed by atoms with Crippen LogP contribution in [0.3, 0.4) is 0 Å². The maximum absolute atomic E-state index is 11.9. The average molecular weight is 287 g/mol. The van der Waals surface area contributed by atoms with E-state index in [1.54, 1.807) is 6.08 Å². The monoisotopic (exact) mass is 287 g/mol. The van der Waals surface area contributed by atoms with Crippen molar-refractivity contribution in [1.29, 1.82) is 0 Å². The molecule has 1 rings (SSSR count). The Kier molecular flexibility index (Phi) is 6.33. The first-order chi connectivity index (χ1) is 8.90. The van der Waals surface area contributed by atoms with Crippen LogP contribution in [0, 0.1) is 5.92 Å². The van der Waals surface area contributed by atoms with Crippen LogP contribution in [0.1, 0.15) is 13.8 Å². The van der Waals surface area contributed by atoms with Crippen LogP contribution in [0.4, 0.5) is 0 Å². The molecule has 0 aromatic heterocycles. The van der Waals surface area contributed by atoms with Crippen molar-refractivity contribution >= 4 is 23.6 Å². The summed E-state index contributed by atoms with van der Waals surface area (Å²) in [6.45, 7) is 4.03. The number of rotatable bonds is 1. The van der Waals surface area contributed by atoms with Gasteiger partial charge < -0.3 is 21.5 Å². The molecule has 7 heteroatoms. The van der Waals surface area contributed by atoms with E-state index < -0.39 is 11.5 Å². The quantitative estimate of drug-likeness (QED) is 0.505. The maximum Gasteiger partial charge on any atom is 0.243 e. The fraction of sp³-hybridized carbons (Fsp3) is 0.667. The number of β-amino-alcohol motifs (C(OH)–C–C–N with tert-alkyl or cyclic N) is 1. The van der Waals surface area contributed by atoms with Gasteiger partial charge in [-0.25, -0.2) is 0 Å². The summed E-state index contributed by atoms with van der Waals surface area (Å²) in [6.07, 6.45) is 3.02. The first kappa shape index (κ1) is 16.0. The Balaban J connectivity index is 2.81. The molecular weight excluding hydrogens is 266 g/mol. The van der Waals surface area contributed by atoms with Crippen LogP contribution in [-0.2, 0) is 9.59 Å². The average Bonchev–Trinajstić information content (AvgIpc) is 2.36. The van der Waals surface area contributed by atoms with E-state index in [4.69, 9.17) is 5.73 Å². The van der Waals surface area contributed by atoms with Crippen molar-refractivity contribution in [2.24, 2.45) is 11.7 Å². The number of hydrogen-bond acceptors (Lipinski definition) is 5. The largest absolute Gasteiger partial charge is 0.381 e. The minimum absolute atomic E-state index is 0.133. The molecule has 19 heavy (non-hydrogen) atoms. The summed E-state index contributed by atoms with van der Waals surface area (Å²) in [4.78, 5) is 23.4. The van der Waals surface area contributed by atoms with E-state index in [0.717, 1.165) is 11.8 Å². The van der Waals surface area contributed by atoms with Crippen molar-refractivity contribution in [2.45, 2.75) is 31.4 Å². The van der Waals surface area contributed by atoms with Crippen molar-refractivity contribution in [3.05, 3.63) is 12.2 Å². The first-order valence-electron chi connectivity index (χ1n) is 6.21. The third kappa shape index (κ3) is 5.63. The fourth-order valence-corrected chi connectivity index (χ4v) is 2.28. The Morgan fingerprint density at radius 2 is 2.16 bits per heavy atom. The molecule has 6 nitrogen and oxygen atoms in total. The summed E-state index contributed by atoms with van der Waals surface area (Å²) in [6, 6.07) is -0.914. The standard InChI is InChI=1S/C12H21N3O3S/c1-7(2)9-3-4-10(16)14-5-11(17)19-6-8(13)12(18)15-9/h3-4,7-9,11,17H,5-6,13H2,1-2H3,(H,14,16)(H,15,18)/b4-3+/t8-,9+,11+/m0/s1. The molecule has 0 fully saturated rings. The summed E-state index contributed by atoms with van der Waals surface area (Å²) in [7, 11) is 0. The second-order valence-corrected chi connectivity index (χ2v) is 5.99. The van der Waals surface area contributed by atoms with Gasteiger partial charge in [-0.05, 0) is 5.92 Å². The minimum atomic E-state index is -0.767. The van der Waals surface area contributed by atoms with Crippen molar-refractivity contribution < 1.29 is 14.7 Å². The van der Waals surface area contributed by atoms with Crippen LogP contribution >= 0.6 is 11.8 Å². The maximum atomic E-state index is 11.9. The molecule has 108 valence electrons. The Morgan fingerprint density at radius 3 is 2.79 bits per heavy atom. The van der Waals surface area contributed by atoms with Crippen molar-refractivity contribution in [1.82, 2.24) is 10.6 Å². The zero-order chi connectivity index (χ0) is 14.4. The highest BCUT2D eigenvalue weighted by atomic mass is 32.2. The van der Waals surface area contributed by atoms with Crippen LogP contribution in [0.5, 0.6) is 0 Å². The van der Waals surface area contributed by atoms with E-state index in [9.17, 15) is 14.7 Å². The summed E-state index contributed by atoms with van der Waals surface area (Å²) in [5.74, 6) is -0.105.